The van der Waals surface area contributed by atoms with Gasteiger partial charge in [0.2, 0.25) is 11.7 Å². The van der Waals surface area contributed by atoms with Gasteiger partial charge in [-0.05, 0) is 17.7 Å². The van der Waals surface area contributed by atoms with Gasteiger partial charge in [-0.1, -0.05) is 0 Å². The summed E-state index contributed by atoms with van der Waals surface area (Å²) >= 11 is 0. The molecule has 0 spiro atoms. The first-order valence-electron chi connectivity index (χ1n) is 7.54. The number of hydrogen-bond donors (Lipinski definition) is 2. The van der Waals surface area contributed by atoms with E-state index < -0.39 is 0 Å². The van der Waals surface area contributed by atoms with E-state index in [0.29, 0.717) is 43.4 Å². The molecule has 1 fully saturated rings. The molecule has 24 heavy (non-hydrogen) atoms. The number of carbonyl (C=O) groups is 1. The van der Waals surface area contributed by atoms with Gasteiger partial charge in [-0.2, -0.15) is 0 Å². The monoisotopic (exact) mass is 360 g/mol. The average molecular weight is 361 g/mol. The summed E-state index contributed by atoms with van der Waals surface area (Å²) in [5.74, 6) is 1.65. The zero-order valence-electron chi connectivity index (χ0n) is 14.2. The lowest BCUT2D eigenvalue weighted by atomic mass is 10.1. The van der Waals surface area contributed by atoms with Crippen molar-refractivity contribution >= 4 is 18.3 Å². The van der Waals surface area contributed by atoms with E-state index >= 15 is 0 Å². The number of carbonyl (C=O) groups excluding carboxylic acids is 1. The zero-order chi connectivity index (χ0) is 16.7. The summed E-state index contributed by atoms with van der Waals surface area (Å²) in [6.07, 6.45) is 0.393. The molecular formula is C16H25ClN2O5. The lowest BCUT2D eigenvalue weighted by Crippen LogP contribution is -2.44. The molecule has 1 unspecified atom stereocenters. The van der Waals surface area contributed by atoms with Crippen molar-refractivity contribution in [3.05, 3.63) is 17.7 Å². The van der Waals surface area contributed by atoms with Gasteiger partial charge in [-0.3, -0.25) is 4.79 Å². The molecule has 136 valence electrons. The molecule has 1 aliphatic rings. The van der Waals surface area contributed by atoms with Crippen LogP contribution >= 0.6 is 12.4 Å². The average Bonchev–Trinajstić information content (AvgIpc) is 2.59. The molecule has 1 atom stereocenters. The molecular weight excluding hydrogens is 336 g/mol. The normalized spacial score (nSPS) is 16.7. The van der Waals surface area contributed by atoms with Gasteiger partial charge in [-0.15, -0.1) is 12.4 Å². The van der Waals surface area contributed by atoms with Crippen LogP contribution in [0.5, 0.6) is 17.2 Å². The minimum Gasteiger partial charge on any atom is -0.493 e. The molecule has 1 saturated heterocycles. The second kappa shape index (κ2) is 10.2. The van der Waals surface area contributed by atoms with Gasteiger partial charge >= 0.3 is 0 Å². The second-order valence-corrected chi connectivity index (χ2v) is 5.24. The Morgan fingerprint density at radius 2 is 1.92 bits per heavy atom. The molecule has 1 amide bonds. The highest BCUT2D eigenvalue weighted by Crippen LogP contribution is 2.38. The molecule has 0 aliphatic carbocycles. The topological polar surface area (TPSA) is 78.1 Å². The lowest BCUT2D eigenvalue weighted by molar-refractivity contribution is -0.122. The minimum absolute atomic E-state index is 0. The fraction of sp³-hybridized carbons (Fsp3) is 0.562. The van der Waals surface area contributed by atoms with Crippen molar-refractivity contribution in [3.8, 4) is 17.2 Å². The second-order valence-electron chi connectivity index (χ2n) is 5.24. The maximum absolute atomic E-state index is 12.0. The minimum atomic E-state index is -0.0262. The molecule has 1 aromatic rings. The lowest BCUT2D eigenvalue weighted by Gasteiger charge is -2.23. The van der Waals surface area contributed by atoms with Crippen molar-refractivity contribution in [2.24, 2.45) is 0 Å². The first kappa shape index (κ1) is 20.3. The van der Waals surface area contributed by atoms with Crippen molar-refractivity contribution in [1.29, 1.82) is 0 Å². The fourth-order valence-electron chi connectivity index (χ4n) is 2.48. The van der Waals surface area contributed by atoms with E-state index in [1.165, 1.54) is 0 Å². The third-order valence-corrected chi connectivity index (χ3v) is 3.64. The molecule has 1 aromatic carbocycles. The van der Waals surface area contributed by atoms with E-state index in [9.17, 15) is 4.79 Å². The highest BCUT2D eigenvalue weighted by molar-refractivity contribution is 5.85. The maximum atomic E-state index is 12.0. The third kappa shape index (κ3) is 5.43. The summed E-state index contributed by atoms with van der Waals surface area (Å²) in [6, 6.07) is 3.72. The standard InChI is InChI=1S/C16H24N2O5.ClH/c1-20-13-6-11(7-14(21-2)16(13)22-3)9-18-15(19)8-12-10-23-5-4-17-12;/h6-7,12,17H,4-5,8-10H2,1-3H3,(H,18,19);1H. The molecule has 0 radical (unpaired) electrons. The maximum Gasteiger partial charge on any atom is 0.221 e. The van der Waals surface area contributed by atoms with Crippen molar-refractivity contribution in [1.82, 2.24) is 10.6 Å². The Labute approximate surface area is 148 Å². The van der Waals surface area contributed by atoms with Crippen LogP contribution in [0.15, 0.2) is 12.1 Å². The van der Waals surface area contributed by atoms with E-state index in [1.54, 1.807) is 21.3 Å². The number of rotatable bonds is 7. The summed E-state index contributed by atoms with van der Waals surface area (Å²) in [6.45, 7) is 2.44. The number of hydrogen-bond acceptors (Lipinski definition) is 6. The van der Waals surface area contributed by atoms with Gasteiger partial charge < -0.3 is 29.6 Å². The van der Waals surface area contributed by atoms with Gasteiger partial charge in [-0.25, -0.2) is 0 Å². The number of methoxy groups -OCH3 is 3. The van der Waals surface area contributed by atoms with Crippen LogP contribution in [0, 0.1) is 0 Å². The van der Waals surface area contributed by atoms with E-state index in [4.69, 9.17) is 18.9 Å². The van der Waals surface area contributed by atoms with Crippen LogP contribution in [0.25, 0.3) is 0 Å². The number of amides is 1. The molecule has 2 rings (SSSR count). The zero-order valence-corrected chi connectivity index (χ0v) is 15.0. The van der Waals surface area contributed by atoms with Crippen LogP contribution in [0.4, 0.5) is 0 Å². The smallest absolute Gasteiger partial charge is 0.221 e. The molecule has 7 nitrogen and oxygen atoms in total. The van der Waals surface area contributed by atoms with Crippen LogP contribution in [0.1, 0.15) is 12.0 Å². The molecule has 8 heteroatoms. The summed E-state index contributed by atoms with van der Waals surface area (Å²) < 4.78 is 21.2. The Bertz CT molecular complexity index is 510. The number of benzene rings is 1. The van der Waals surface area contributed by atoms with Gasteiger partial charge in [0.15, 0.2) is 11.5 Å². The summed E-state index contributed by atoms with van der Waals surface area (Å²) in [5, 5.41) is 6.16. The largest absolute Gasteiger partial charge is 0.493 e. The Morgan fingerprint density at radius 1 is 1.25 bits per heavy atom. The van der Waals surface area contributed by atoms with Crippen molar-refractivity contribution < 1.29 is 23.7 Å². The summed E-state index contributed by atoms with van der Waals surface area (Å²) in [5.41, 5.74) is 0.876. The third-order valence-electron chi connectivity index (χ3n) is 3.64. The number of morpholine rings is 1. The van der Waals surface area contributed by atoms with E-state index in [0.717, 1.165) is 12.1 Å². The first-order chi connectivity index (χ1) is 11.2. The van der Waals surface area contributed by atoms with Crippen LogP contribution < -0.4 is 24.8 Å². The van der Waals surface area contributed by atoms with E-state index in [-0.39, 0.29) is 24.4 Å². The first-order valence-corrected chi connectivity index (χ1v) is 7.54. The quantitative estimate of drug-likeness (QED) is 0.759. The van der Waals surface area contributed by atoms with Crippen molar-refractivity contribution in [2.75, 3.05) is 41.1 Å². The molecule has 1 heterocycles. The van der Waals surface area contributed by atoms with Gasteiger partial charge in [0.1, 0.15) is 0 Å². The number of ether oxygens (including phenoxy) is 4. The van der Waals surface area contributed by atoms with E-state index in [1.807, 2.05) is 12.1 Å². The molecule has 0 aromatic heterocycles. The highest BCUT2D eigenvalue weighted by atomic mass is 35.5. The van der Waals surface area contributed by atoms with E-state index in [2.05, 4.69) is 10.6 Å². The van der Waals surface area contributed by atoms with Crippen molar-refractivity contribution in [3.63, 3.8) is 0 Å². The summed E-state index contributed by atoms with van der Waals surface area (Å²) in [4.78, 5) is 12.0. The predicted octanol–water partition coefficient (Wildman–Crippen LogP) is 1.13. The number of halogens is 1. The SMILES string of the molecule is COc1cc(CNC(=O)CC2COCCN2)cc(OC)c1OC.Cl. The molecule has 0 saturated carbocycles. The van der Waals surface area contributed by atoms with Crippen molar-refractivity contribution in [2.45, 2.75) is 19.0 Å². The van der Waals surface area contributed by atoms with Gasteiger partial charge in [0.05, 0.1) is 34.5 Å². The predicted molar refractivity (Wildman–Crippen MR) is 92.4 cm³/mol. The van der Waals surface area contributed by atoms with Crippen LogP contribution in [-0.4, -0.2) is 53.0 Å². The molecule has 2 N–H and O–H groups in total. The Balaban J connectivity index is 0.00000288. The highest BCUT2D eigenvalue weighted by Gasteiger charge is 2.17. The Morgan fingerprint density at radius 3 is 2.42 bits per heavy atom. The Hall–Kier alpha value is -1.70. The number of nitrogens with one attached hydrogen (secondary N) is 2. The van der Waals surface area contributed by atoms with Crippen LogP contribution in [0.3, 0.4) is 0 Å². The summed E-state index contributed by atoms with van der Waals surface area (Å²) in [7, 11) is 4.68. The van der Waals surface area contributed by atoms with Gasteiger partial charge in [0.25, 0.3) is 0 Å². The molecule has 1 aliphatic heterocycles. The Kier molecular flexibility index (Phi) is 8.67. The van der Waals surface area contributed by atoms with Gasteiger partial charge in [0, 0.05) is 25.6 Å². The van der Waals surface area contributed by atoms with Crippen LogP contribution in [0.2, 0.25) is 0 Å². The van der Waals surface area contributed by atoms with Crippen LogP contribution in [-0.2, 0) is 16.1 Å². The molecule has 0 bridgehead atoms. The fourth-order valence-corrected chi connectivity index (χ4v) is 2.48.